The molecule has 6 nitrogen and oxygen atoms in total. The molecule has 1 saturated heterocycles. The zero-order valence-electron chi connectivity index (χ0n) is 17.4. The summed E-state index contributed by atoms with van der Waals surface area (Å²) in [4.78, 5) is 29.8. The maximum absolute atomic E-state index is 13.0. The summed E-state index contributed by atoms with van der Waals surface area (Å²) in [5, 5.41) is 2.89. The highest BCUT2D eigenvalue weighted by atomic mass is 16.5. The Hall–Kier alpha value is -3.02. The van der Waals surface area contributed by atoms with Crippen LogP contribution in [0.3, 0.4) is 0 Å². The van der Waals surface area contributed by atoms with E-state index in [2.05, 4.69) is 22.3 Å². The van der Waals surface area contributed by atoms with Gasteiger partial charge in [-0.1, -0.05) is 30.3 Å². The van der Waals surface area contributed by atoms with Crippen LogP contribution < -0.4 is 15.0 Å². The molecule has 0 atom stereocenters. The number of rotatable bonds is 6. The van der Waals surface area contributed by atoms with Crippen LogP contribution in [0.2, 0.25) is 0 Å². The summed E-state index contributed by atoms with van der Waals surface area (Å²) in [7, 11) is 1.62. The summed E-state index contributed by atoms with van der Waals surface area (Å²) in [5.74, 6) is 0.381. The summed E-state index contributed by atoms with van der Waals surface area (Å²) in [6, 6.07) is 17.7. The molecule has 0 aromatic heterocycles. The number of methoxy groups -OCH3 is 1. The molecule has 0 bridgehead atoms. The number of hydrogen-bond donors (Lipinski definition) is 1. The van der Waals surface area contributed by atoms with E-state index in [9.17, 15) is 9.59 Å². The van der Waals surface area contributed by atoms with Gasteiger partial charge in [-0.15, -0.1) is 0 Å². The molecule has 154 valence electrons. The van der Waals surface area contributed by atoms with Crippen LogP contribution in [0.25, 0.3) is 0 Å². The maximum atomic E-state index is 13.0. The monoisotopic (exact) mass is 395 g/mol. The Bertz CT molecular complexity index is 826. The van der Waals surface area contributed by atoms with E-state index in [0.717, 1.165) is 30.1 Å². The van der Waals surface area contributed by atoms with E-state index in [1.54, 1.807) is 25.9 Å². The lowest BCUT2D eigenvalue weighted by Gasteiger charge is -2.39. The van der Waals surface area contributed by atoms with Crippen molar-refractivity contribution in [2.75, 3.05) is 38.2 Å². The van der Waals surface area contributed by atoms with Gasteiger partial charge in [0.1, 0.15) is 11.2 Å². The summed E-state index contributed by atoms with van der Waals surface area (Å²) >= 11 is 0. The van der Waals surface area contributed by atoms with Crippen LogP contribution in [0.4, 0.5) is 5.69 Å². The third-order valence-electron chi connectivity index (χ3n) is 5.40. The molecule has 2 aromatic carbocycles. The molecule has 3 rings (SSSR count). The minimum atomic E-state index is -1.11. The number of benzene rings is 2. The van der Waals surface area contributed by atoms with Crippen molar-refractivity contribution < 1.29 is 14.3 Å². The highest BCUT2D eigenvalue weighted by Crippen LogP contribution is 2.23. The first kappa shape index (κ1) is 20.7. The second-order valence-corrected chi connectivity index (χ2v) is 7.77. The van der Waals surface area contributed by atoms with Crippen LogP contribution >= 0.6 is 0 Å². The molecule has 0 radical (unpaired) electrons. The van der Waals surface area contributed by atoms with Gasteiger partial charge in [0.15, 0.2) is 0 Å². The van der Waals surface area contributed by atoms with E-state index in [-0.39, 0.29) is 11.8 Å². The number of para-hydroxylation sites is 1. The Kier molecular flexibility index (Phi) is 6.42. The molecule has 0 saturated carbocycles. The van der Waals surface area contributed by atoms with Crippen LogP contribution in [0.1, 0.15) is 19.4 Å². The first-order chi connectivity index (χ1) is 13.9. The van der Waals surface area contributed by atoms with Gasteiger partial charge in [0, 0.05) is 38.4 Å². The number of hydrogen-bond acceptors (Lipinski definition) is 4. The fourth-order valence-electron chi connectivity index (χ4n) is 3.45. The van der Waals surface area contributed by atoms with Gasteiger partial charge in [0.25, 0.3) is 0 Å². The number of nitrogens with zero attached hydrogens (tertiary/aromatic N) is 2. The fraction of sp³-hybridized carbons (Fsp3) is 0.391. The van der Waals surface area contributed by atoms with Gasteiger partial charge in [-0.3, -0.25) is 9.59 Å². The van der Waals surface area contributed by atoms with Gasteiger partial charge in [-0.2, -0.15) is 0 Å². The number of carbonyl (C=O) groups is 2. The Morgan fingerprint density at radius 2 is 1.59 bits per heavy atom. The normalized spacial score (nSPS) is 14.4. The van der Waals surface area contributed by atoms with Crippen molar-refractivity contribution in [2.45, 2.75) is 20.4 Å². The predicted octanol–water partition coefficient (Wildman–Crippen LogP) is 2.69. The quantitative estimate of drug-likeness (QED) is 0.764. The average Bonchev–Trinajstić information content (AvgIpc) is 2.78. The van der Waals surface area contributed by atoms with Crippen LogP contribution in [-0.2, 0) is 16.1 Å². The van der Waals surface area contributed by atoms with Crippen molar-refractivity contribution in [1.82, 2.24) is 10.2 Å². The van der Waals surface area contributed by atoms with Crippen molar-refractivity contribution in [3.05, 3.63) is 60.2 Å². The highest BCUT2D eigenvalue weighted by Gasteiger charge is 2.39. The SMILES string of the molecule is COc1ccc(CNC(=O)C(C)(C)C(=O)N2CCN(c3ccccc3)CC2)cc1. The average molecular weight is 396 g/mol. The number of piperazine rings is 1. The van der Waals surface area contributed by atoms with Crippen molar-refractivity contribution in [3.8, 4) is 5.75 Å². The number of nitrogens with one attached hydrogen (secondary N) is 1. The molecule has 1 N–H and O–H groups in total. The fourth-order valence-corrected chi connectivity index (χ4v) is 3.45. The maximum Gasteiger partial charge on any atom is 0.237 e. The van der Waals surface area contributed by atoms with E-state index in [1.807, 2.05) is 42.5 Å². The molecule has 0 unspecified atom stereocenters. The van der Waals surface area contributed by atoms with Crippen LogP contribution in [0.15, 0.2) is 54.6 Å². The van der Waals surface area contributed by atoms with Gasteiger partial charge in [0.05, 0.1) is 7.11 Å². The van der Waals surface area contributed by atoms with E-state index in [1.165, 1.54) is 0 Å². The molecule has 0 aliphatic carbocycles. The zero-order valence-corrected chi connectivity index (χ0v) is 17.4. The minimum Gasteiger partial charge on any atom is -0.497 e. The molecule has 0 spiro atoms. The largest absolute Gasteiger partial charge is 0.497 e. The smallest absolute Gasteiger partial charge is 0.237 e. The molecule has 1 fully saturated rings. The minimum absolute atomic E-state index is 0.127. The number of ether oxygens (including phenoxy) is 1. The Morgan fingerprint density at radius 3 is 2.17 bits per heavy atom. The molecule has 1 aliphatic heterocycles. The van der Waals surface area contributed by atoms with Gasteiger partial charge in [-0.05, 0) is 43.7 Å². The molecular weight excluding hydrogens is 366 g/mol. The van der Waals surface area contributed by atoms with Gasteiger partial charge < -0.3 is 19.9 Å². The predicted molar refractivity (Wildman–Crippen MR) is 114 cm³/mol. The van der Waals surface area contributed by atoms with Crippen LogP contribution in [0, 0.1) is 5.41 Å². The van der Waals surface area contributed by atoms with Gasteiger partial charge in [0.2, 0.25) is 11.8 Å². The van der Waals surface area contributed by atoms with E-state index in [0.29, 0.717) is 19.6 Å². The van der Waals surface area contributed by atoms with E-state index >= 15 is 0 Å². The topological polar surface area (TPSA) is 61.9 Å². The van der Waals surface area contributed by atoms with Gasteiger partial charge in [-0.25, -0.2) is 0 Å². The number of anilines is 1. The second kappa shape index (κ2) is 8.99. The summed E-state index contributed by atoms with van der Waals surface area (Å²) in [6.45, 7) is 6.52. The summed E-state index contributed by atoms with van der Waals surface area (Å²) in [6.07, 6.45) is 0. The molecule has 2 amide bonds. The first-order valence-corrected chi connectivity index (χ1v) is 9.92. The Balaban J connectivity index is 1.54. The lowest BCUT2D eigenvalue weighted by molar-refractivity contribution is -0.148. The highest BCUT2D eigenvalue weighted by molar-refractivity contribution is 6.04. The van der Waals surface area contributed by atoms with Crippen LogP contribution in [0.5, 0.6) is 5.75 Å². The van der Waals surface area contributed by atoms with Crippen LogP contribution in [-0.4, -0.2) is 50.0 Å². The zero-order chi connectivity index (χ0) is 20.9. The van der Waals surface area contributed by atoms with Crippen molar-refractivity contribution in [3.63, 3.8) is 0 Å². The number of amides is 2. The Labute approximate surface area is 172 Å². The van der Waals surface area contributed by atoms with E-state index in [4.69, 9.17) is 4.74 Å². The molecular formula is C23H29N3O3. The molecule has 1 aliphatic rings. The standard InChI is InChI=1S/C23H29N3O3/c1-23(2,21(27)24-17-18-9-11-20(29-3)12-10-18)22(28)26-15-13-25(14-16-26)19-7-5-4-6-8-19/h4-12H,13-17H2,1-3H3,(H,24,27). The third-order valence-corrected chi connectivity index (χ3v) is 5.40. The number of carbonyl (C=O) groups excluding carboxylic acids is 2. The van der Waals surface area contributed by atoms with Gasteiger partial charge >= 0.3 is 0 Å². The molecule has 6 heteroatoms. The Morgan fingerprint density at radius 1 is 0.966 bits per heavy atom. The lowest BCUT2D eigenvalue weighted by atomic mass is 9.89. The van der Waals surface area contributed by atoms with Crippen molar-refractivity contribution in [2.24, 2.45) is 5.41 Å². The van der Waals surface area contributed by atoms with E-state index < -0.39 is 5.41 Å². The third kappa shape index (κ3) is 4.88. The molecule has 1 heterocycles. The summed E-state index contributed by atoms with van der Waals surface area (Å²) < 4.78 is 5.14. The summed E-state index contributed by atoms with van der Waals surface area (Å²) in [5.41, 5.74) is 1.01. The van der Waals surface area contributed by atoms with Crippen molar-refractivity contribution in [1.29, 1.82) is 0 Å². The first-order valence-electron chi connectivity index (χ1n) is 9.92. The van der Waals surface area contributed by atoms with Crippen molar-refractivity contribution >= 4 is 17.5 Å². The lowest BCUT2D eigenvalue weighted by Crippen LogP contribution is -2.55. The molecule has 29 heavy (non-hydrogen) atoms. The second-order valence-electron chi connectivity index (χ2n) is 7.77. The molecule has 2 aromatic rings.